The van der Waals surface area contributed by atoms with Crippen molar-refractivity contribution in [2.45, 2.75) is 23.3 Å². The summed E-state index contributed by atoms with van der Waals surface area (Å²) in [4.78, 5) is 3.69. The lowest BCUT2D eigenvalue weighted by molar-refractivity contribution is 0.352. The number of halogens is 2. The number of hydrogen-bond donors (Lipinski definition) is 2. The summed E-state index contributed by atoms with van der Waals surface area (Å²) in [5.41, 5.74) is 6.48. The first-order valence-corrected chi connectivity index (χ1v) is 11.1. The van der Waals surface area contributed by atoms with Crippen molar-refractivity contribution >= 4 is 56.1 Å². The predicted molar refractivity (Wildman–Crippen MR) is 126 cm³/mol. The fourth-order valence-corrected chi connectivity index (χ4v) is 6.00. The van der Waals surface area contributed by atoms with Gasteiger partial charge in [0.2, 0.25) is 0 Å². The highest BCUT2D eigenvalue weighted by Gasteiger charge is 2.36. The SMILES string of the molecule is COc1cc(CC2(I)NCCc3c2[nH]c2ccc(C)cc32)cc(I)c1OC. The van der Waals surface area contributed by atoms with Crippen LogP contribution >= 0.6 is 45.2 Å². The standard InChI is InChI=1S/C21H22I2N2O2/c1-12-4-5-17-15(8-12)14-6-7-24-21(23,20(14)25-17)11-13-9-16(22)19(27-3)18(10-13)26-2/h4-5,8-10,24-25H,6-7,11H2,1-3H3. The van der Waals surface area contributed by atoms with Crippen molar-refractivity contribution in [1.82, 2.24) is 10.3 Å². The number of hydrogen-bond acceptors (Lipinski definition) is 3. The summed E-state index contributed by atoms with van der Waals surface area (Å²) in [7, 11) is 3.37. The van der Waals surface area contributed by atoms with Gasteiger partial charge in [0.15, 0.2) is 11.5 Å². The van der Waals surface area contributed by atoms with Crippen LogP contribution in [0.4, 0.5) is 0 Å². The second-order valence-electron chi connectivity index (χ2n) is 7.00. The van der Waals surface area contributed by atoms with E-state index >= 15 is 0 Å². The molecule has 2 heterocycles. The lowest BCUT2D eigenvalue weighted by Crippen LogP contribution is -2.44. The van der Waals surface area contributed by atoms with Gasteiger partial charge in [0.25, 0.3) is 0 Å². The molecule has 1 aliphatic heterocycles. The monoisotopic (exact) mass is 588 g/mol. The lowest BCUT2D eigenvalue weighted by Gasteiger charge is -2.34. The highest BCUT2D eigenvalue weighted by atomic mass is 127. The number of aryl methyl sites for hydroxylation is 1. The van der Waals surface area contributed by atoms with Crippen LogP contribution in [0.25, 0.3) is 10.9 Å². The Balaban J connectivity index is 1.78. The number of aromatic nitrogens is 1. The first-order valence-electron chi connectivity index (χ1n) is 8.91. The molecule has 2 aromatic carbocycles. The van der Waals surface area contributed by atoms with E-state index in [1.165, 1.54) is 33.3 Å². The van der Waals surface area contributed by atoms with Crippen molar-refractivity contribution in [2.24, 2.45) is 0 Å². The molecule has 1 atom stereocenters. The van der Waals surface area contributed by atoms with Crippen LogP contribution in [0.15, 0.2) is 30.3 Å². The highest BCUT2D eigenvalue weighted by Crippen LogP contribution is 2.42. The topological polar surface area (TPSA) is 46.3 Å². The van der Waals surface area contributed by atoms with Crippen LogP contribution in [-0.4, -0.2) is 25.7 Å². The van der Waals surface area contributed by atoms with Gasteiger partial charge in [-0.05, 0) is 71.3 Å². The van der Waals surface area contributed by atoms with Gasteiger partial charge in [-0.15, -0.1) is 0 Å². The summed E-state index contributed by atoms with van der Waals surface area (Å²) >= 11 is 4.88. The third-order valence-corrected chi connectivity index (χ3v) is 7.28. The molecule has 2 N–H and O–H groups in total. The summed E-state index contributed by atoms with van der Waals surface area (Å²) in [6.45, 7) is 3.13. The maximum absolute atomic E-state index is 5.55. The van der Waals surface area contributed by atoms with E-state index in [9.17, 15) is 0 Å². The van der Waals surface area contributed by atoms with E-state index in [2.05, 4.69) is 92.7 Å². The molecule has 0 bridgehead atoms. The van der Waals surface area contributed by atoms with Crippen molar-refractivity contribution in [3.8, 4) is 11.5 Å². The zero-order valence-corrected chi connectivity index (χ0v) is 19.9. The summed E-state index contributed by atoms with van der Waals surface area (Å²) in [5, 5.41) is 5.10. The van der Waals surface area contributed by atoms with Crippen LogP contribution in [-0.2, 0) is 16.4 Å². The average molecular weight is 588 g/mol. The second-order valence-corrected chi connectivity index (χ2v) is 10.00. The van der Waals surface area contributed by atoms with Crippen molar-refractivity contribution in [3.63, 3.8) is 0 Å². The average Bonchev–Trinajstić information content (AvgIpc) is 3.01. The molecule has 1 aliphatic rings. The first kappa shape index (κ1) is 19.3. The molecule has 142 valence electrons. The van der Waals surface area contributed by atoms with E-state index in [1.54, 1.807) is 14.2 Å². The minimum absolute atomic E-state index is 0.180. The maximum atomic E-state index is 5.55. The van der Waals surface area contributed by atoms with E-state index in [1.807, 2.05) is 0 Å². The van der Waals surface area contributed by atoms with Crippen molar-refractivity contribution in [1.29, 1.82) is 0 Å². The number of methoxy groups -OCH3 is 2. The van der Waals surface area contributed by atoms with E-state index in [0.29, 0.717) is 0 Å². The van der Waals surface area contributed by atoms with Crippen LogP contribution in [0.1, 0.15) is 22.4 Å². The Labute approximate surface area is 186 Å². The summed E-state index contributed by atoms with van der Waals surface area (Å²) in [5.74, 6) is 1.57. The quantitative estimate of drug-likeness (QED) is 0.254. The summed E-state index contributed by atoms with van der Waals surface area (Å²) in [6.07, 6.45) is 1.91. The van der Waals surface area contributed by atoms with Crippen LogP contribution in [0.5, 0.6) is 11.5 Å². The molecular formula is C21H22I2N2O2. The van der Waals surface area contributed by atoms with Gasteiger partial charge < -0.3 is 14.5 Å². The number of benzene rings is 2. The number of aromatic amines is 1. The predicted octanol–water partition coefficient (Wildman–Crippen LogP) is 5.07. The second kappa shape index (κ2) is 7.44. The number of nitrogens with one attached hydrogen (secondary N) is 2. The smallest absolute Gasteiger partial charge is 0.174 e. The van der Waals surface area contributed by atoms with Gasteiger partial charge in [-0.1, -0.05) is 34.2 Å². The molecule has 4 nitrogen and oxygen atoms in total. The Morgan fingerprint density at radius 1 is 1.15 bits per heavy atom. The molecule has 0 amide bonds. The van der Waals surface area contributed by atoms with Crippen LogP contribution in [0.2, 0.25) is 0 Å². The molecule has 0 saturated heterocycles. The van der Waals surface area contributed by atoms with Crippen molar-refractivity contribution in [3.05, 3.63) is 56.3 Å². The third kappa shape index (κ3) is 3.44. The van der Waals surface area contributed by atoms with Gasteiger partial charge in [0, 0.05) is 23.9 Å². The maximum Gasteiger partial charge on any atom is 0.174 e. The molecule has 3 aromatic rings. The molecule has 0 radical (unpaired) electrons. The number of H-pyrrole nitrogens is 1. The zero-order valence-electron chi connectivity index (χ0n) is 15.6. The number of fused-ring (bicyclic) bond motifs is 3. The van der Waals surface area contributed by atoms with Gasteiger partial charge in [-0.2, -0.15) is 0 Å². The Kier molecular flexibility index (Phi) is 5.32. The van der Waals surface area contributed by atoms with E-state index in [-0.39, 0.29) is 3.55 Å². The summed E-state index contributed by atoms with van der Waals surface area (Å²) < 4.78 is 11.9. The zero-order chi connectivity index (χ0) is 19.2. The molecule has 1 unspecified atom stereocenters. The van der Waals surface area contributed by atoms with Crippen LogP contribution in [0.3, 0.4) is 0 Å². The number of alkyl halides is 1. The van der Waals surface area contributed by atoms with Crippen LogP contribution < -0.4 is 14.8 Å². The Bertz CT molecular complexity index is 1020. The highest BCUT2D eigenvalue weighted by molar-refractivity contribution is 14.1. The first-order chi connectivity index (χ1) is 12.9. The van der Waals surface area contributed by atoms with Crippen molar-refractivity contribution < 1.29 is 9.47 Å². The Morgan fingerprint density at radius 2 is 1.96 bits per heavy atom. The number of rotatable bonds is 4. The molecule has 0 spiro atoms. The lowest BCUT2D eigenvalue weighted by atomic mass is 9.94. The normalized spacial score (nSPS) is 19.1. The fourth-order valence-electron chi connectivity index (χ4n) is 3.94. The van der Waals surface area contributed by atoms with Gasteiger partial charge >= 0.3 is 0 Å². The Hall–Kier alpha value is -1.00. The largest absolute Gasteiger partial charge is 0.493 e. The number of ether oxygens (including phenoxy) is 2. The van der Waals surface area contributed by atoms with E-state index in [0.717, 1.165) is 34.5 Å². The Morgan fingerprint density at radius 3 is 2.70 bits per heavy atom. The van der Waals surface area contributed by atoms with E-state index < -0.39 is 0 Å². The van der Waals surface area contributed by atoms with Gasteiger partial charge in [-0.25, -0.2) is 0 Å². The molecular weight excluding hydrogens is 566 g/mol. The fraction of sp³-hybridized carbons (Fsp3) is 0.333. The van der Waals surface area contributed by atoms with Gasteiger partial charge in [0.05, 0.1) is 23.5 Å². The molecule has 0 saturated carbocycles. The molecule has 4 rings (SSSR count). The molecule has 27 heavy (non-hydrogen) atoms. The molecule has 0 fully saturated rings. The van der Waals surface area contributed by atoms with Gasteiger partial charge in [-0.3, -0.25) is 5.32 Å². The molecule has 0 aliphatic carbocycles. The van der Waals surface area contributed by atoms with E-state index in [4.69, 9.17) is 9.47 Å². The third-order valence-electron chi connectivity index (χ3n) is 5.18. The minimum Gasteiger partial charge on any atom is -0.493 e. The van der Waals surface area contributed by atoms with Crippen molar-refractivity contribution in [2.75, 3.05) is 20.8 Å². The van der Waals surface area contributed by atoms with Gasteiger partial charge in [0.1, 0.15) is 3.55 Å². The molecule has 1 aromatic heterocycles. The molecule has 6 heteroatoms. The minimum atomic E-state index is -0.180. The summed E-state index contributed by atoms with van der Waals surface area (Å²) in [6, 6.07) is 10.9. The van der Waals surface area contributed by atoms with Crippen LogP contribution in [0, 0.1) is 10.5 Å².